The Kier molecular flexibility index (Phi) is 4.23. The third kappa shape index (κ3) is 3.24. The Balaban J connectivity index is 1.92. The normalized spacial score (nSPS) is 16.6. The third-order valence-corrected chi connectivity index (χ3v) is 3.11. The first kappa shape index (κ1) is 11.5. The Morgan fingerprint density at radius 3 is 2.81 bits per heavy atom. The summed E-state index contributed by atoms with van der Waals surface area (Å²) in [4.78, 5) is 2.54. The van der Waals surface area contributed by atoms with Gasteiger partial charge in [-0.1, -0.05) is 19.1 Å². The van der Waals surface area contributed by atoms with Crippen LogP contribution in [-0.4, -0.2) is 24.5 Å². The van der Waals surface area contributed by atoms with E-state index in [9.17, 15) is 0 Å². The minimum Gasteiger partial charge on any atom is -0.385 e. The summed E-state index contributed by atoms with van der Waals surface area (Å²) in [6, 6.07) is 8.83. The van der Waals surface area contributed by atoms with E-state index in [1.165, 1.54) is 43.6 Å². The first-order chi connectivity index (χ1) is 7.88. The molecule has 88 valence electrons. The van der Waals surface area contributed by atoms with E-state index in [0.717, 1.165) is 13.1 Å². The van der Waals surface area contributed by atoms with Crippen molar-refractivity contribution < 1.29 is 0 Å². The van der Waals surface area contributed by atoms with Crippen LogP contribution in [0.25, 0.3) is 0 Å². The van der Waals surface area contributed by atoms with E-state index in [1.54, 1.807) is 0 Å². The van der Waals surface area contributed by atoms with Crippen LogP contribution in [0.1, 0.15) is 31.7 Å². The molecule has 1 fully saturated rings. The van der Waals surface area contributed by atoms with E-state index < -0.39 is 0 Å². The molecule has 1 aliphatic rings. The number of nitrogens with zero attached hydrogens (tertiary/aromatic N) is 1. The molecule has 0 radical (unpaired) electrons. The molecule has 0 saturated carbocycles. The number of nitrogens with one attached hydrogen (secondary N) is 1. The topological polar surface area (TPSA) is 15.3 Å². The Bertz CT molecular complexity index is 316. The summed E-state index contributed by atoms with van der Waals surface area (Å²) >= 11 is 0. The fourth-order valence-electron chi connectivity index (χ4n) is 2.25. The maximum absolute atomic E-state index is 3.44. The van der Waals surface area contributed by atoms with Crippen molar-refractivity contribution in [3.8, 4) is 0 Å². The van der Waals surface area contributed by atoms with Gasteiger partial charge in [-0.2, -0.15) is 0 Å². The van der Waals surface area contributed by atoms with Gasteiger partial charge in [0, 0.05) is 18.8 Å². The predicted octanol–water partition coefficient (Wildman–Crippen LogP) is 3.10. The average molecular weight is 218 g/mol. The van der Waals surface area contributed by atoms with Crippen LogP contribution < -0.4 is 5.32 Å². The van der Waals surface area contributed by atoms with Gasteiger partial charge in [0.05, 0.1) is 0 Å². The summed E-state index contributed by atoms with van der Waals surface area (Å²) in [5.41, 5.74) is 2.70. The molecule has 1 aliphatic heterocycles. The van der Waals surface area contributed by atoms with Gasteiger partial charge in [0.15, 0.2) is 0 Å². The molecule has 0 atom stereocenters. The Morgan fingerprint density at radius 1 is 1.25 bits per heavy atom. The maximum atomic E-state index is 3.44. The van der Waals surface area contributed by atoms with E-state index >= 15 is 0 Å². The molecular weight excluding hydrogens is 196 g/mol. The lowest BCUT2D eigenvalue weighted by Gasteiger charge is -2.15. The molecule has 0 spiro atoms. The lowest BCUT2D eigenvalue weighted by Crippen LogP contribution is -2.18. The van der Waals surface area contributed by atoms with Crippen LogP contribution in [0.5, 0.6) is 0 Å². The summed E-state index contributed by atoms with van der Waals surface area (Å²) < 4.78 is 0. The number of hydrogen-bond acceptors (Lipinski definition) is 2. The summed E-state index contributed by atoms with van der Waals surface area (Å²) in [5.74, 6) is 0. The highest BCUT2D eigenvalue weighted by Crippen LogP contribution is 2.15. The van der Waals surface area contributed by atoms with E-state index in [-0.39, 0.29) is 0 Å². The molecule has 0 unspecified atom stereocenters. The summed E-state index contributed by atoms with van der Waals surface area (Å²) in [5, 5.41) is 3.44. The van der Waals surface area contributed by atoms with Crippen molar-refractivity contribution in [2.75, 3.05) is 25.0 Å². The number of hydrogen-bond donors (Lipinski definition) is 1. The fraction of sp³-hybridized carbons (Fsp3) is 0.571. The molecule has 2 heteroatoms. The number of likely N-dealkylation sites (tertiary alicyclic amines) is 1. The highest BCUT2D eigenvalue weighted by molar-refractivity contribution is 5.45. The first-order valence-corrected chi connectivity index (χ1v) is 6.43. The number of anilines is 1. The van der Waals surface area contributed by atoms with E-state index in [4.69, 9.17) is 0 Å². The van der Waals surface area contributed by atoms with Gasteiger partial charge >= 0.3 is 0 Å². The van der Waals surface area contributed by atoms with Crippen molar-refractivity contribution in [2.24, 2.45) is 0 Å². The molecule has 0 bridgehead atoms. The summed E-state index contributed by atoms with van der Waals surface area (Å²) in [7, 11) is 0. The molecule has 2 nitrogen and oxygen atoms in total. The molecule has 1 saturated heterocycles. The quantitative estimate of drug-likeness (QED) is 0.817. The van der Waals surface area contributed by atoms with Crippen LogP contribution in [0.2, 0.25) is 0 Å². The van der Waals surface area contributed by atoms with Crippen LogP contribution in [0.4, 0.5) is 5.69 Å². The monoisotopic (exact) mass is 218 g/mol. The van der Waals surface area contributed by atoms with Crippen molar-refractivity contribution >= 4 is 5.69 Å². The second kappa shape index (κ2) is 5.90. The molecule has 0 aliphatic carbocycles. The van der Waals surface area contributed by atoms with Gasteiger partial charge in [0.1, 0.15) is 0 Å². The zero-order chi connectivity index (χ0) is 11.2. The van der Waals surface area contributed by atoms with Gasteiger partial charge in [0.2, 0.25) is 0 Å². The summed E-state index contributed by atoms with van der Waals surface area (Å²) in [6.07, 6.45) is 3.91. The lowest BCUT2D eigenvalue weighted by molar-refractivity contribution is 0.331. The minimum absolute atomic E-state index is 1.06. The Morgan fingerprint density at radius 2 is 2.06 bits per heavy atom. The van der Waals surface area contributed by atoms with Gasteiger partial charge in [-0.15, -0.1) is 0 Å². The largest absolute Gasteiger partial charge is 0.385 e. The molecule has 2 rings (SSSR count). The molecule has 16 heavy (non-hydrogen) atoms. The van der Waals surface area contributed by atoms with Crippen molar-refractivity contribution in [1.82, 2.24) is 4.90 Å². The van der Waals surface area contributed by atoms with Crippen LogP contribution in [0, 0.1) is 0 Å². The van der Waals surface area contributed by atoms with E-state index in [2.05, 4.69) is 41.4 Å². The SMILES string of the molecule is CCCNc1cccc(CN2CCCC2)c1. The molecule has 1 N–H and O–H groups in total. The highest BCUT2D eigenvalue weighted by Gasteiger charge is 2.11. The zero-order valence-electron chi connectivity index (χ0n) is 10.2. The second-order valence-corrected chi connectivity index (χ2v) is 4.61. The molecule has 1 heterocycles. The smallest absolute Gasteiger partial charge is 0.0343 e. The van der Waals surface area contributed by atoms with Crippen LogP contribution in [0.15, 0.2) is 24.3 Å². The maximum Gasteiger partial charge on any atom is 0.0343 e. The van der Waals surface area contributed by atoms with E-state index in [1.807, 2.05) is 0 Å². The zero-order valence-corrected chi connectivity index (χ0v) is 10.2. The highest BCUT2D eigenvalue weighted by atomic mass is 15.1. The first-order valence-electron chi connectivity index (χ1n) is 6.43. The van der Waals surface area contributed by atoms with Crippen molar-refractivity contribution in [1.29, 1.82) is 0 Å². The minimum atomic E-state index is 1.06. The van der Waals surface area contributed by atoms with Crippen molar-refractivity contribution in [3.05, 3.63) is 29.8 Å². The standard InChI is InChI=1S/C14H22N2/c1-2-8-15-14-7-5-6-13(11-14)12-16-9-3-4-10-16/h5-7,11,15H,2-4,8-10,12H2,1H3. The number of rotatable bonds is 5. The average Bonchev–Trinajstić information content (AvgIpc) is 2.80. The van der Waals surface area contributed by atoms with Crippen molar-refractivity contribution in [2.45, 2.75) is 32.7 Å². The molecule has 1 aromatic carbocycles. The molecule has 1 aromatic rings. The van der Waals surface area contributed by atoms with Gasteiger partial charge in [-0.25, -0.2) is 0 Å². The van der Waals surface area contributed by atoms with Gasteiger partial charge in [-0.05, 0) is 50.0 Å². The van der Waals surface area contributed by atoms with Crippen LogP contribution in [-0.2, 0) is 6.54 Å². The second-order valence-electron chi connectivity index (χ2n) is 4.61. The number of benzene rings is 1. The van der Waals surface area contributed by atoms with E-state index in [0.29, 0.717) is 0 Å². The van der Waals surface area contributed by atoms with Crippen molar-refractivity contribution in [3.63, 3.8) is 0 Å². The summed E-state index contributed by atoms with van der Waals surface area (Å²) in [6.45, 7) is 6.91. The van der Waals surface area contributed by atoms with Gasteiger partial charge in [0.25, 0.3) is 0 Å². The molecule has 0 aromatic heterocycles. The Labute approximate surface area is 98.7 Å². The lowest BCUT2D eigenvalue weighted by atomic mass is 10.2. The molecular formula is C14H22N2. The Hall–Kier alpha value is -1.02. The molecule has 0 amide bonds. The van der Waals surface area contributed by atoms with Crippen LogP contribution >= 0.6 is 0 Å². The predicted molar refractivity (Wildman–Crippen MR) is 69.7 cm³/mol. The van der Waals surface area contributed by atoms with Gasteiger partial charge in [-0.3, -0.25) is 4.90 Å². The third-order valence-electron chi connectivity index (χ3n) is 3.11. The van der Waals surface area contributed by atoms with Gasteiger partial charge < -0.3 is 5.32 Å². The fourth-order valence-corrected chi connectivity index (χ4v) is 2.25. The van der Waals surface area contributed by atoms with Crippen LogP contribution in [0.3, 0.4) is 0 Å².